The summed E-state index contributed by atoms with van der Waals surface area (Å²) in [6, 6.07) is 20.6. The number of hydrogen-bond donors (Lipinski definition) is 0. The van der Waals surface area contributed by atoms with Gasteiger partial charge in [0.25, 0.3) is 0 Å². The maximum atomic E-state index is 12.4. The Hall–Kier alpha value is -2.81. The number of ether oxygens (including phenoxy) is 2. The fourth-order valence-electron chi connectivity index (χ4n) is 2.38. The summed E-state index contributed by atoms with van der Waals surface area (Å²) >= 11 is 0. The van der Waals surface area contributed by atoms with Crippen molar-refractivity contribution in [1.82, 2.24) is 0 Å². The summed E-state index contributed by atoms with van der Waals surface area (Å²) in [4.78, 5) is 12.4. The molecule has 0 atom stereocenters. The molecule has 0 saturated carbocycles. The molecule has 0 unspecified atom stereocenters. The van der Waals surface area contributed by atoms with E-state index in [-0.39, 0.29) is 5.97 Å². The van der Waals surface area contributed by atoms with E-state index in [1.807, 2.05) is 49.4 Å². The summed E-state index contributed by atoms with van der Waals surface area (Å²) in [6.07, 6.45) is 0.921. The summed E-state index contributed by atoms with van der Waals surface area (Å²) in [5.74, 6) is 0.857. The molecular weight excluding hydrogens is 288 g/mol. The van der Waals surface area contributed by atoms with Gasteiger partial charge in [0.15, 0.2) is 0 Å². The molecule has 23 heavy (non-hydrogen) atoms. The third kappa shape index (κ3) is 3.51. The van der Waals surface area contributed by atoms with Crippen LogP contribution in [0.4, 0.5) is 0 Å². The standard InChI is InChI=1S/C20H18O3/c1-2-13-22-17-10-5-9-16(14-17)20(21)23-19-12-6-8-15-7-3-4-11-18(15)19/h3-12,14H,2,13H2,1H3. The summed E-state index contributed by atoms with van der Waals surface area (Å²) < 4.78 is 11.1. The van der Waals surface area contributed by atoms with E-state index in [1.54, 1.807) is 24.3 Å². The molecule has 0 heterocycles. The van der Waals surface area contributed by atoms with Crippen molar-refractivity contribution in [3.63, 3.8) is 0 Å². The molecule has 3 aromatic carbocycles. The van der Waals surface area contributed by atoms with Gasteiger partial charge in [0.1, 0.15) is 11.5 Å². The molecule has 0 aliphatic heterocycles. The molecule has 0 spiro atoms. The van der Waals surface area contributed by atoms with Gasteiger partial charge in [-0.25, -0.2) is 4.79 Å². The molecule has 0 aliphatic rings. The van der Waals surface area contributed by atoms with Gasteiger partial charge in [0.05, 0.1) is 12.2 Å². The summed E-state index contributed by atoms with van der Waals surface area (Å²) in [5, 5.41) is 1.96. The molecule has 0 bridgehead atoms. The van der Waals surface area contributed by atoms with Crippen molar-refractivity contribution in [3.8, 4) is 11.5 Å². The Labute approximate surface area is 135 Å². The summed E-state index contributed by atoms with van der Waals surface area (Å²) in [5.41, 5.74) is 0.478. The molecule has 116 valence electrons. The molecule has 0 aliphatic carbocycles. The van der Waals surface area contributed by atoms with Crippen LogP contribution < -0.4 is 9.47 Å². The van der Waals surface area contributed by atoms with Gasteiger partial charge in [-0.15, -0.1) is 0 Å². The molecule has 0 saturated heterocycles. The maximum Gasteiger partial charge on any atom is 0.343 e. The lowest BCUT2D eigenvalue weighted by Crippen LogP contribution is -2.09. The van der Waals surface area contributed by atoms with E-state index < -0.39 is 0 Å². The molecule has 0 N–H and O–H groups in total. The van der Waals surface area contributed by atoms with Gasteiger partial charge in [-0.3, -0.25) is 0 Å². The van der Waals surface area contributed by atoms with E-state index in [0.29, 0.717) is 23.7 Å². The lowest BCUT2D eigenvalue weighted by molar-refractivity contribution is 0.0736. The zero-order chi connectivity index (χ0) is 16.1. The van der Waals surface area contributed by atoms with Gasteiger partial charge in [-0.2, -0.15) is 0 Å². The Morgan fingerprint density at radius 2 is 1.74 bits per heavy atom. The number of hydrogen-bond acceptors (Lipinski definition) is 3. The van der Waals surface area contributed by atoms with Crippen LogP contribution in [0.25, 0.3) is 10.8 Å². The van der Waals surface area contributed by atoms with Gasteiger partial charge in [0.2, 0.25) is 0 Å². The van der Waals surface area contributed by atoms with E-state index in [1.165, 1.54) is 0 Å². The normalized spacial score (nSPS) is 10.5. The smallest absolute Gasteiger partial charge is 0.343 e. The quantitative estimate of drug-likeness (QED) is 0.499. The summed E-state index contributed by atoms with van der Waals surface area (Å²) in [7, 11) is 0. The minimum atomic E-state index is -0.386. The largest absolute Gasteiger partial charge is 0.494 e. The van der Waals surface area contributed by atoms with Gasteiger partial charge >= 0.3 is 5.97 Å². The van der Waals surface area contributed by atoms with Crippen LogP contribution in [0.2, 0.25) is 0 Å². The second kappa shape index (κ2) is 6.97. The Morgan fingerprint density at radius 3 is 2.61 bits per heavy atom. The molecule has 0 fully saturated rings. The molecule has 3 heteroatoms. The summed E-state index contributed by atoms with van der Waals surface area (Å²) in [6.45, 7) is 2.67. The highest BCUT2D eigenvalue weighted by atomic mass is 16.5. The average molecular weight is 306 g/mol. The van der Waals surface area contributed by atoms with E-state index in [9.17, 15) is 4.79 Å². The molecule has 3 rings (SSSR count). The Morgan fingerprint density at radius 1 is 0.957 bits per heavy atom. The van der Waals surface area contributed by atoms with Gasteiger partial charge in [-0.05, 0) is 36.1 Å². The maximum absolute atomic E-state index is 12.4. The first kappa shape index (κ1) is 15.1. The highest BCUT2D eigenvalue weighted by molar-refractivity contribution is 5.95. The van der Waals surface area contributed by atoms with Crippen molar-refractivity contribution in [3.05, 3.63) is 72.3 Å². The monoisotopic (exact) mass is 306 g/mol. The number of esters is 1. The van der Waals surface area contributed by atoms with Crippen molar-refractivity contribution in [2.24, 2.45) is 0 Å². The molecule has 0 aromatic heterocycles. The molecule has 3 nitrogen and oxygen atoms in total. The Balaban J connectivity index is 1.83. The number of carbonyl (C=O) groups excluding carboxylic acids is 1. The highest BCUT2D eigenvalue weighted by Crippen LogP contribution is 2.26. The first-order valence-electron chi connectivity index (χ1n) is 7.71. The SMILES string of the molecule is CCCOc1cccc(C(=O)Oc2cccc3ccccc23)c1. The zero-order valence-corrected chi connectivity index (χ0v) is 13.0. The van der Waals surface area contributed by atoms with Crippen molar-refractivity contribution in [1.29, 1.82) is 0 Å². The van der Waals surface area contributed by atoms with Crippen molar-refractivity contribution in [2.75, 3.05) is 6.61 Å². The molecule has 0 amide bonds. The zero-order valence-electron chi connectivity index (χ0n) is 13.0. The predicted molar refractivity (Wildman–Crippen MR) is 91.1 cm³/mol. The van der Waals surface area contributed by atoms with E-state index >= 15 is 0 Å². The first-order chi connectivity index (χ1) is 11.3. The lowest BCUT2D eigenvalue weighted by Gasteiger charge is -2.09. The number of rotatable bonds is 5. The van der Waals surface area contributed by atoms with E-state index in [0.717, 1.165) is 17.2 Å². The minimum absolute atomic E-state index is 0.386. The second-order valence-electron chi connectivity index (χ2n) is 5.24. The number of benzene rings is 3. The van der Waals surface area contributed by atoms with Crippen LogP contribution in [0.5, 0.6) is 11.5 Å². The van der Waals surface area contributed by atoms with Crippen LogP contribution >= 0.6 is 0 Å². The van der Waals surface area contributed by atoms with Crippen LogP contribution in [0.1, 0.15) is 23.7 Å². The van der Waals surface area contributed by atoms with Crippen molar-refractivity contribution < 1.29 is 14.3 Å². The molecule has 0 radical (unpaired) electrons. The van der Waals surface area contributed by atoms with Gasteiger partial charge < -0.3 is 9.47 Å². The molecular formula is C20H18O3. The number of fused-ring (bicyclic) bond motifs is 1. The van der Waals surface area contributed by atoms with Crippen LogP contribution in [-0.4, -0.2) is 12.6 Å². The Bertz CT molecular complexity index is 818. The highest BCUT2D eigenvalue weighted by Gasteiger charge is 2.11. The Kier molecular flexibility index (Phi) is 4.57. The van der Waals surface area contributed by atoms with E-state index in [4.69, 9.17) is 9.47 Å². The van der Waals surface area contributed by atoms with Crippen molar-refractivity contribution >= 4 is 16.7 Å². The van der Waals surface area contributed by atoms with Crippen LogP contribution in [0, 0.1) is 0 Å². The third-order valence-corrected chi connectivity index (χ3v) is 3.49. The van der Waals surface area contributed by atoms with Gasteiger partial charge in [0, 0.05) is 5.39 Å². The van der Waals surface area contributed by atoms with E-state index in [2.05, 4.69) is 0 Å². The van der Waals surface area contributed by atoms with Crippen molar-refractivity contribution in [2.45, 2.75) is 13.3 Å². The lowest BCUT2D eigenvalue weighted by atomic mass is 10.1. The third-order valence-electron chi connectivity index (χ3n) is 3.49. The number of carbonyl (C=O) groups is 1. The van der Waals surface area contributed by atoms with Gasteiger partial charge in [-0.1, -0.05) is 49.4 Å². The minimum Gasteiger partial charge on any atom is -0.494 e. The van der Waals surface area contributed by atoms with Crippen LogP contribution in [-0.2, 0) is 0 Å². The molecule has 3 aromatic rings. The first-order valence-corrected chi connectivity index (χ1v) is 7.71. The topological polar surface area (TPSA) is 35.5 Å². The second-order valence-corrected chi connectivity index (χ2v) is 5.24. The van der Waals surface area contributed by atoms with Crippen LogP contribution in [0.15, 0.2) is 66.7 Å². The predicted octanol–water partition coefficient (Wildman–Crippen LogP) is 4.85. The average Bonchev–Trinajstić information content (AvgIpc) is 2.60. The fraction of sp³-hybridized carbons (Fsp3) is 0.150. The van der Waals surface area contributed by atoms with Crippen LogP contribution in [0.3, 0.4) is 0 Å². The fourth-order valence-corrected chi connectivity index (χ4v) is 2.38.